The van der Waals surface area contributed by atoms with Gasteiger partial charge in [-0.3, -0.25) is 4.79 Å². The third-order valence-electron chi connectivity index (χ3n) is 3.02. The zero-order valence-electron chi connectivity index (χ0n) is 11.1. The molecular weight excluding hydrogens is 284 g/mol. The van der Waals surface area contributed by atoms with E-state index in [1.165, 1.54) is 16.0 Å². The quantitative estimate of drug-likeness (QED) is 0.734. The molecule has 0 aliphatic heterocycles. The number of hydrogen-bond acceptors (Lipinski definition) is 4. The van der Waals surface area contributed by atoms with Gasteiger partial charge in [0.05, 0.1) is 23.0 Å². The Bertz CT molecular complexity index is 900. The van der Waals surface area contributed by atoms with Gasteiger partial charge in [0.1, 0.15) is 6.61 Å². The highest BCUT2D eigenvalue weighted by molar-refractivity contribution is 7.12. The van der Waals surface area contributed by atoms with E-state index in [1.807, 2.05) is 36.4 Å². The van der Waals surface area contributed by atoms with Gasteiger partial charge >= 0.3 is 0 Å². The Balaban J connectivity index is 1.93. The zero-order valence-corrected chi connectivity index (χ0v) is 11.9. The van der Waals surface area contributed by atoms with Crippen LogP contribution in [0.2, 0.25) is 0 Å². The Morgan fingerprint density at radius 3 is 2.95 bits per heavy atom. The van der Waals surface area contributed by atoms with Crippen molar-refractivity contribution in [2.24, 2.45) is 0 Å². The van der Waals surface area contributed by atoms with Crippen LogP contribution in [0, 0.1) is 11.8 Å². The first-order valence-electron chi connectivity index (χ1n) is 6.41. The Hall–Kier alpha value is -2.42. The monoisotopic (exact) mass is 296 g/mol. The fraction of sp³-hybridized carbons (Fsp3) is 0.125. The highest BCUT2D eigenvalue weighted by atomic mass is 32.1. The SMILES string of the molecule is O=c1c2ccccc2cnn1Cc1ccc(C#CCO)s1. The van der Waals surface area contributed by atoms with Gasteiger partial charge in [0, 0.05) is 10.3 Å². The summed E-state index contributed by atoms with van der Waals surface area (Å²) in [5.74, 6) is 5.46. The van der Waals surface area contributed by atoms with E-state index in [2.05, 4.69) is 16.9 Å². The maximum Gasteiger partial charge on any atom is 0.274 e. The van der Waals surface area contributed by atoms with Crippen molar-refractivity contribution >= 4 is 22.1 Å². The molecule has 0 atom stereocenters. The lowest BCUT2D eigenvalue weighted by molar-refractivity contribution is 0.350. The Morgan fingerprint density at radius 2 is 2.10 bits per heavy atom. The minimum Gasteiger partial charge on any atom is -0.384 e. The highest BCUT2D eigenvalue weighted by Gasteiger charge is 2.05. The number of hydrogen-bond donors (Lipinski definition) is 1. The second kappa shape index (κ2) is 5.92. The summed E-state index contributed by atoms with van der Waals surface area (Å²) in [4.78, 5) is 14.2. The summed E-state index contributed by atoms with van der Waals surface area (Å²) in [7, 11) is 0. The molecule has 0 saturated carbocycles. The zero-order chi connectivity index (χ0) is 14.7. The molecule has 21 heavy (non-hydrogen) atoms. The number of benzene rings is 1. The highest BCUT2D eigenvalue weighted by Crippen LogP contribution is 2.16. The van der Waals surface area contributed by atoms with Crippen molar-refractivity contribution in [1.82, 2.24) is 9.78 Å². The molecule has 3 aromatic rings. The third kappa shape index (κ3) is 2.87. The van der Waals surface area contributed by atoms with Crippen LogP contribution in [0.5, 0.6) is 0 Å². The number of fused-ring (bicyclic) bond motifs is 1. The molecule has 4 nitrogen and oxygen atoms in total. The summed E-state index contributed by atoms with van der Waals surface area (Å²) in [5.41, 5.74) is -0.0931. The van der Waals surface area contributed by atoms with Gasteiger partial charge in [0.15, 0.2) is 0 Å². The molecule has 2 aromatic heterocycles. The topological polar surface area (TPSA) is 55.1 Å². The molecule has 1 N–H and O–H groups in total. The van der Waals surface area contributed by atoms with E-state index in [1.54, 1.807) is 6.20 Å². The molecule has 2 heterocycles. The second-order valence-corrected chi connectivity index (χ2v) is 5.59. The van der Waals surface area contributed by atoms with Crippen molar-refractivity contribution in [3.63, 3.8) is 0 Å². The molecule has 0 saturated heterocycles. The van der Waals surface area contributed by atoms with Crippen LogP contribution in [0.15, 0.2) is 47.4 Å². The first-order valence-corrected chi connectivity index (χ1v) is 7.23. The second-order valence-electron chi connectivity index (χ2n) is 4.42. The van der Waals surface area contributed by atoms with Crippen LogP contribution in [0.25, 0.3) is 10.8 Å². The van der Waals surface area contributed by atoms with E-state index in [-0.39, 0.29) is 12.2 Å². The fourth-order valence-corrected chi connectivity index (χ4v) is 2.91. The van der Waals surface area contributed by atoms with Crippen molar-refractivity contribution < 1.29 is 5.11 Å². The fourth-order valence-electron chi connectivity index (χ4n) is 2.04. The number of aromatic nitrogens is 2. The van der Waals surface area contributed by atoms with E-state index >= 15 is 0 Å². The lowest BCUT2D eigenvalue weighted by Crippen LogP contribution is -2.22. The van der Waals surface area contributed by atoms with E-state index < -0.39 is 0 Å². The molecule has 0 spiro atoms. The van der Waals surface area contributed by atoms with Gasteiger partial charge < -0.3 is 5.11 Å². The normalized spacial score (nSPS) is 10.3. The van der Waals surface area contributed by atoms with Crippen LogP contribution in [0.1, 0.15) is 9.75 Å². The van der Waals surface area contributed by atoms with Gasteiger partial charge in [-0.2, -0.15) is 5.10 Å². The minimum absolute atomic E-state index is 0.0931. The van der Waals surface area contributed by atoms with Gasteiger partial charge in [-0.25, -0.2) is 4.68 Å². The van der Waals surface area contributed by atoms with Crippen LogP contribution in [-0.4, -0.2) is 21.5 Å². The number of nitrogens with zero attached hydrogens (tertiary/aromatic N) is 2. The Morgan fingerprint density at radius 1 is 1.24 bits per heavy atom. The largest absolute Gasteiger partial charge is 0.384 e. The Labute approximate surface area is 125 Å². The average molecular weight is 296 g/mol. The summed E-state index contributed by atoms with van der Waals surface area (Å²) < 4.78 is 1.46. The predicted octanol–water partition coefficient (Wildman–Crippen LogP) is 1.85. The third-order valence-corrected chi connectivity index (χ3v) is 4.01. The molecule has 0 amide bonds. The molecule has 3 rings (SSSR count). The average Bonchev–Trinajstić information content (AvgIpc) is 2.96. The number of aliphatic hydroxyl groups excluding tert-OH is 1. The van der Waals surface area contributed by atoms with Crippen molar-refractivity contribution in [3.8, 4) is 11.8 Å². The molecule has 0 fully saturated rings. The molecular formula is C16H12N2O2S. The van der Waals surface area contributed by atoms with E-state index in [9.17, 15) is 4.79 Å². The van der Waals surface area contributed by atoms with Crippen LogP contribution in [0.4, 0.5) is 0 Å². The predicted molar refractivity (Wildman–Crippen MR) is 83.4 cm³/mol. The number of aliphatic hydroxyl groups is 1. The molecule has 104 valence electrons. The van der Waals surface area contributed by atoms with Crippen molar-refractivity contribution in [2.45, 2.75) is 6.54 Å². The molecule has 0 bridgehead atoms. The van der Waals surface area contributed by atoms with Crippen molar-refractivity contribution in [3.05, 3.63) is 62.7 Å². The molecule has 0 aliphatic carbocycles. The van der Waals surface area contributed by atoms with Crippen molar-refractivity contribution in [2.75, 3.05) is 6.61 Å². The number of rotatable bonds is 2. The van der Waals surface area contributed by atoms with Crippen LogP contribution < -0.4 is 5.56 Å². The smallest absolute Gasteiger partial charge is 0.274 e. The maximum atomic E-state index is 12.4. The van der Waals surface area contributed by atoms with Gasteiger partial charge in [-0.1, -0.05) is 30.0 Å². The van der Waals surface area contributed by atoms with Crippen LogP contribution in [0.3, 0.4) is 0 Å². The van der Waals surface area contributed by atoms with Crippen LogP contribution in [-0.2, 0) is 6.54 Å². The number of thiophene rings is 1. The van der Waals surface area contributed by atoms with Gasteiger partial charge in [-0.05, 0) is 18.2 Å². The lowest BCUT2D eigenvalue weighted by atomic mass is 10.2. The minimum atomic E-state index is -0.154. The van der Waals surface area contributed by atoms with E-state index in [0.29, 0.717) is 11.9 Å². The summed E-state index contributed by atoms with van der Waals surface area (Å²) in [6, 6.07) is 11.2. The lowest BCUT2D eigenvalue weighted by Gasteiger charge is -2.04. The molecule has 1 aromatic carbocycles. The summed E-state index contributed by atoms with van der Waals surface area (Å²) in [6.07, 6.45) is 1.71. The summed E-state index contributed by atoms with van der Waals surface area (Å²) in [6.45, 7) is 0.272. The van der Waals surface area contributed by atoms with Gasteiger partial charge in [0.2, 0.25) is 0 Å². The van der Waals surface area contributed by atoms with Crippen molar-refractivity contribution in [1.29, 1.82) is 0 Å². The van der Waals surface area contributed by atoms with E-state index in [4.69, 9.17) is 5.11 Å². The summed E-state index contributed by atoms with van der Waals surface area (Å²) in [5, 5.41) is 14.4. The first-order chi connectivity index (χ1) is 10.3. The molecule has 0 unspecified atom stereocenters. The molecule has 0 radical (unpaired) electrons. The maximum absolute atomic E-state index is 12.4. The molecule has 0 aliphatic rings. The standard InChI is InChI=1S/C16H12N2O2S/c19-9-3-5-13-7-8-14(21-13)11-18-16(20)15-6-2-1-4-12(15)10-17-18/h1-2,4,6-8,10,19H,9,11H2. The molecule has 5 heteroatoms. The first kappa shape index (κ1) is 13.6. The van der Waals surface area contributed by atoms with Crippen LogP contribution >= 0.6 is 11.3 Å². The van der Waals surface area contributed by atoms with Gasteiger partial charge in [0.25, 0.3) is 5.56 Å². The summed E-state index contributed by atoms with van der Waals surface area (Å²) >= 11 is 1.50. The Kier molecular flexibility index (Phi) is 3.82. The van der Waals surface area contributed by atoms with Gasteiger partial charge in [-0.15, -0.1) is 11.3 Å². The van der Waals surface area contributed by atoms with E-state index in [0.717, 1.165) is 15.1 Å².